The van der Waals surface area contributed by atoms with Crippen LogP contribution in [0.5, 0.6) is 0 Å². The van der Waals surface area contributed by atoms with Gasteiger partial charge in [-0.25, -0.2) is 5.73 Å². The van der Waals surface area contributed by atoms with Gasteiger partial charge in [0.1, 0.15) is 0 Å². The summed E-state index contributed by atoms with van der Waals surface area (Å²) < 4.78 is 0. The van der Waals surface area contributed by atoms with Gasteiger partial charge in [0.25, 0.3) is 0 Å². The third kappa shape index (κ3) is 2.67. The maximum absolute atomic E-state index is 8.05. The first-order chi connectivity index (χ1) is 7.36. The first-order valence-electron chi connectivity index (χ1n) is 5.16. The maximum atomic E-state index is 8.05. The Morgan fingerprint density at radius 3 is 1.93 bits per heavy atom. The molecule has 1 radical (unpaired) electrons. The summed E-state index contributed by atoms with van der Waals surface area (Å²) in [6, 6.07) is 20.0. The van der Waals surface area contributed by atoms with Crippen molar-refractivity contribution in [3.63, 3.8) is 0 Å². The molecular weight excluding hydrogens is 182 g/mol. The fraction of sp³-hybridized carbons (Fsp3) is 0.143. The molecule has 2 aromatic rings. The highest BCUT2D eigenvalue weighted by atomic mass is 14.6. The summed E-state index contributed by atoms with van der Waals surface area (Å²) in [5, 5.41) is 0. The number of rotatable bonds is 3. The zero-order chi connectivity index (χ0) is 10.5. The number of hydrogen-bond donors (Lipinski definition) is 0. The van der Waals surface area contributed by atoms with Gasteiger partial charge in [-0.1, -0.05) is 60.7 Å². The van der Waals surface area contributed by atoms with Gasteiger partial charge in [-0.15, -0.1) is 0 Å². The Morgan fingerprint density at radius 2 is 1.33 bits per heavy atom. The predicted molar refractivity (Wildman–Crippen MR) is 62.4 cm³/mol. The molecule has 0 aromatic heterocycles. The van der Waals surface area contributed by atoms with E-state index >= 15 is 0 Å². The average Bonchev–Trinajstić information content (AvgIpc) is 2.31. The van der Waals surface area contributed by atoms with Crippen LogP contribution in [0.3, 0.4) is 0 Å². The highest BCUT2D eigenvalue weighted by molar-refractivity contribution is 5.22. The van der Waals surface area contributed by atoms with Crippen LogP contribution in [0.4, 0.5) is 0 Å². The van der Waals surface area contributed by atoms with Gasteiger partial charge < -0.3 is 0 Å². The highest BCUT2D eigenvalue weighted by Gasteiger charge is 2.06. The molecule has 1 heteroatoms. The molecule has 2 aromatic carbocycles. The minimum atomic E-state index is -0.159. The molecular formula is C14H14N. The molecule has 1 unspecified atom stereocenters. The van der Waals surface area contributed by atoms with Crippen LogP contribution in [-0.2, 0) is 6.42 Å². The second-order valence-corrected chi connectivity index (χ2v) is 3.65. The lowest BCUT2D eigenvalue weighted by atomic mass is 10.00. The van der Waals surface area contributed by atoms with Crippen molar-refractivity contribution >= 4 is 0 Å². The van der Waals surface area contributed by atoms with E-state index in [2.05, 4.69) is 12.1 Å². The average molecular weight is 196 g/mol. The van der Waals surface area contributed by atoms with E-state index in [-0.39, 0.29) is 6.04 Å². The first-order valence-corrected chi connectivity index (χ1v) is 5.16. The molecule has 0 aliphatic rings. The number of hydrogen-bond acceptors (Lipinski definition) is 0. The number of benzene rings is 2. The van der Waals surface area contributed by atoms with Crippen LogP contribution in [0.1, 0.15) is 17.2 Å². The van der Waals surface area contributed by atoms with Crippen LogP contribution in [0.25, 0.3) is 0 Å². The molecule has 1 nitrogen and oxygen atoms in total. The van der Waals surface area contributed by atoms with Crippen molar-refractivity contribution in [1.82, 2.24) is 5.73 Å². The van der Waals surface area contributed by atoms with Crippen LogP contribution in [-0.4, -0.2) is 0 Å². The van der Waals surface area contributed by atoms with Gasteiger partial charge in [0.2, 0.25) is 0 Å². The van der Waals surface area contributed by atoms with E-state index in [1.165, 1.54) is 5.56 Å². The Labute approximate surface area is 90.6 Å². The van der Waals surface area contributed by atoms with Gasteiger partial charge in [-0.3, -0.25) is 0 Å². The lowest BCUT2D eigenvalue weighted by molar-refractivity contribution is 0.698. The molecule has 15 heavy (non-hydrogen) atoms. The second-order valence-electron chi connectivity index (χ2n) is 3.65. The van der Waals surface area contributed by atoms with E-state index in [0.717, 1.165) is 12.0 Å². The topological polar surface area (TPSA) is 23.8 Å². The fourth-order valence-corrected chi connectivity index (χ4v) is 1.65. The standard InChI is InChI=1S/C14H14N/c15-14(13-9-5-2-6-10-13)11-12-7-3-1-4-8-12/h1-10,14-15H,11H2. The summed E-state index contributed by atoms with van der Waals surface area (Å²) >= 11 is 0. The molecule has 75 valence electrons. The van der Waals surface area contributed by atoms with Crippen molar-refractivity contribution in [2.45, 2.75) is 12.5 Å². The summed E-state index contributed by atoms with van der Waals surface area (Å²) in [7, 11) is 0. The van der Waals surface area contributed by atoms with E-state index in [0.29, 0.717) is 0 Å². The van der Waals surface area contributed by atoms with Gasteiger partial charge in [0, 0.05) is 0 Å². The molecule has 0 amide bonds. The predicted octanol–water partition coefficient (Wildman–Crippen LogP) is 3.25. The van der Waals surface area contributed by atoms with Crippen molar-refractivity contribution < 1.29 is 0 Å². The lowest BCUT2D eigenvalue weighted by Gasteiger charge is -2.10. The van der Waals surface area contributed by atoms with E-state index in [1.807, 2.05) is 48.5 Å². The van der Waals surface area contributed by atoms with Gasteiger partial charge in [-0.05, 0) is 17.5 Å². The Hall–Kier alpha value is -1.60. The Morgan fingerprint density at radius 1 is 0.800 bits per heavy atom. The summed E-state index contributed by atoms with van der Waals surface area (Å²) in [5.41, 5.74) is 10.4. The molecule has 1 N–H and O–H groups in total. The second kappa shape index (κ2) is 4.76. The zero-order valence-electron chi connectivity index (χ0n) is 8.56. The summed E-state index contributed by atoms with van der Waals surface area (Å²) in [5.74, 6) is 0. The molecule has 0 heterocycles. The monoisotopic (exact) mass is 196 g/mol. The van der Waals surface area contributed by atoms with Crippen LogP contribution in [0.15, 0.2) is 60.7 Å². The quantitative estimate of drug-likeness (QED) is 0.719. The van der Waals surface area contributed by atoms with Crippen LogP contribution in [0.2, 0.25) is 0 Å². The third-order valence-electron chi connectivity index (χ3n) is 2.48. The molecule has 0 bridgehead atoms. The normalized spacial score (nSPS) is 12.3. The van der Waals surface area contributed by atoms with Crippen LogP contribution >= 0.6 is 0 Å². The summed E-state index contributed by atoms with van der Waals surface area (Å²) in [6.07, 6.45) is 0.783. The fourth-order valence-electron chi connectivity index (χ4n) is 1.65. The van der Waals surface area contributed by atoms with Crippen LogP contribution < -0.4 is 5.73 Å². The van der Waals surface area contributed by atoms with Crippen LogP contribution in [0, 0.1) is 0 Å². The van der Waals surface area contributed by atoms with E-state index in [4.69, 9.17) is 5.73 Å². The minimum Gasteiger partial charge on any atom is -0.249 e. The lowest BCUT2D eigenvalue weighted by Crippen LogP contribution is -2.03. The van der Waals surface area contributed by atoms with Crippen molar-refractivity contribution in [2.24, 2.45) is 0 Å². The van der Waals surface area contributed by atoms with Crippen molar-refractivity contribution in [2.75, 3.05) is 0 Å². The van der Waals surface area contributed by atoms with Crippen molar-refractivity contribution in [3.05, 3.63) is 71.8 Å². The van der Waals surface area contributed by atoms with Gasteiger partial charge >= 0.3 is 0 Å². The Kier molecular flexibility index (Phi) is 3.15. The molecule has 1 atom stereocenters. The largest absolute Gasteiger partial charge is 0.249 e. The zero-order valence-corrected chi connectivity index (χ0v) is 8.56. The van der Waals surface area contributed by atoms with Gasteiger partial charge in [0.15, 0.2) is 0 Å². The molecule has 0 aliphatic carbocycles. The molecule has 0 spiro atoms. The summed E-state index contributed by atoms with van der Waals surface area (Å²) in [6.45, 7) is 0. The maximum Gasteiger partial charge on any atom is 0.0502 e. The highest BCUT2D eigenvalue weighted by Crippen LogP contribution is 2.16. The summed E-state index contributed by atoms with van der Waals surface area (Å²) in [4.78, 5) is 0. The Balaban J connectivity index is 2.08. The SMILES string of the molecule is [NH]C(Cc1ccccc1)c1ccccc1. The van der Waals surface area contributed by atoms with E-state index < -0.39 is 0 Å². The minimum absolute atomic E-state index is 0.159. The van der Waals surface area contributed by atoms with E-state index in [1.54, 1.807) is 0 Å². The molecule has 2 rings (SSSR count). The third-order valence-corrected chi connectivity index (χ3v) is 2.48. The van der Waals surface area contributed by atoms with Crippen molar-refractivity contribution in [3.8, 4) is 0 Å². The van der Waals surface area contributed by atoms with E-state index in [9.17, 15) is 0 Å². The first kappa shape index (κ1) is 9.94. The Bertz CT molecular complexity index is 394. The molecule has 0 aliphatic heterocycles. The van der Waals surface area contributed by atoms with Gasteiger partial charge in [0.05, 0.1) is 6.04 Å². The molecule has 0 fully saturated rings. The molecule has 0 saturated heterocycles. The van der Waals surface area contributed by atoms with Crippen molar-refractivity contribution in [1.29, 1.82) is 0 Å². The molecule has 0 saturated carbocycles. The number of nitrogens with one attached hydrogen (secondary N) is 1. The smallest absolute Gasteiger partial charge is 0.0502 e. The van der Waals surface area contributed by atoms with Gasteiger partial charge in [-0.2, -0.15) is 0 Å².